The Hall–Kier alpha value is -2.53. The first-order valence-corrected chi connectivity index (χ1v) is 15.9. The third-order valence-electron chi connectivity index (χ3n) is 5.94. The minimum absolute atomic E-state index is 0.0918. The number of aromatic nitrogens is 1. The van der Waals surface area contributed by atoms with E-state index in [2.05, 4.69) is 15.2 Å². The average Bonchev–Trinajstić information content (AvgIpc) is 3.45. The second-order valence-corrected chi connectivity index (χ2v) is 14.4. The van der Waals surface area contributed by atoms with Crippen molar-refractivity contribution >= 4 is 47.1 Å². The molecule has 2 heterocycles. The number of rotatable bonds is 14. The van der Waals surface area contributed by atoms with Gasteiger partial charge in [-0.05, 0) is 80.4 Å². The molecule has 2 rings (SSSR count). The molecule has 0 bridgehead atoms. The molecule has 224 valence electrons. The number of nitrogens with zero attached hydrogens (tertiary/aromatic N) is 1. The first-order valence-electron chi connectivity index (χ1n) is 13.4. The monoisotopic (exact) mass is 598 g/mol. The van der Waals surface area contributed by atoms with Crippen LogP contribution in [0.25, 0.3) is 11.5 Å². The molecule has 40 heavy (non-hydrogen) atoms. The summed E-state index contributed by atoms with van der Waals surface area (Å²) >= 11 is 1.07. The van der Waals surface area contributed by atoms with Crippen LogP contribution in [0.5, 0.6) is 0 Å². The van der Waals surface area contributed by atoms with Crippen LogP contribution < -0.4 is 21.4 Å². The summed E-state index contributed by atoms with van der Waals surface area (Å²) in [5, 5.41) is 5.91. The highest BCUT2D eigenvalue weighted by Crippen LogP contribution is 2.43. The van der Waals surface area contributed by atoms with Crippen LogP contribution in [0.1, 0.15) is 91.8 Å². The number of furan rings is 1. The number of anilines is 1. The van der Waals surface area contributed by atoms with Gasteiger partial charge in [0, 0.05) is 5.92 Å². The topological polar surface area (TPSA) is 163 Å². The number of Topliss-reactive ketones (excluding diaryl/α,β-unsaturated/α-hetero) is 1. The maximum absolute atomic E-state index is 14.7. The van der Waals surface area contributed by atoms with Gasteiger partial charge in [-0.2, -0.15) is 0 Å². The lowest BCUT2D eigenvalue weighted by molar-refractivity contribution is -0.153. The number of thiazole rings is 1. The largest absolute Gasteiger partial charge is 0.462 e. The highest BCUT2D eigenvalue weighted by Gasteiger charge is 2.46. The Kier molecular flexibility index (Phi) is 10.9. The number of carbonyl (C=O) groups is 3. The molecular weight excluding hydrogens is 555 g/mol. The summed E-state index contributed by atoms with van der Waals surface area (Å²) in [5.41, 5.74) is 3.21. The Morgan fingerprint density at radius 1 is 0.975 bits per heavy atom. The number of nitrogens with one attached hydrogen (secondary N) is 2. The van der Waals surface area contributed by atoms with Crippen molar-refractivity contribution in [3.05, 3.63) is 17.0 Å². The molecule has 0 atom stereocenters. The van der Waals surface area contributed by atoms with E-state index in [1.54, 1.807) is 27.7 Å². The van der Waals surface area contributed by atoms with Crippen molar-refractivity contribution in [2.75, 3.05) is 5.73 Å². The van der Waals surface area contributed by atoms with Gasteiger partial charge in [-0.1, -0.05) is 25.2 Å². The Bertz CT molecular complexity index is 1220. The van der Waals surface area contributed by atoms with Crippen molar-refractivity contribution in [2.45, 2.75) is 105 Å². The quantitative estimate of drug-likeness (QED) is 0.151. The number of hydrogen-bond donors (Lipinski definition) is 3. The molecule has 2 aromatic heterocycles. The van der Waals surface area contributed by atoms with Gasteiger partial charge < -0.3 is 19.6 Å². The molecule has 11 nitrogen and oxygen atoms in total. The van der Waals surface area contributed by atoms with E-state index < -0.39 is 42.7 Å². The molecular formula is C27H43N4O7PS. The fraction of sp³-hybridized carbons (Fsp3) is 0.630. The van der Waals surface area contributed by atoms with E-state index >= 15 is 0 Å². The maximum Gasteiger partial charge on any atom is 0.326 e. The van der Waals surface area contributed by atoms with Gasteiger partial charge in [-0.3, -0.25) is 18.9 Å². The van der Waals surface area contributed by atoms with Gasteiger partial charge in [0.2, 0.25) is 0 Å². The summed E-state index contributed by atoms with van der Waals surface area (Å²) in [6.07, 6.45) is 0.495. The van der Waals surface area contributed by atoms with E-state index in [0.717, 1.165) is 11.3 Å². The van der Waals surface area contributed by atoms with Gasteiger partial charge in [0.15, 0.2) is 22.2 Å². The van der Waals surface area contributed by atoms with Gasteiger partial charge in [-0.15, -0.1) is 0 Å². The third-order valence-corrected chi connectivity index (χ3v) is 9.45. The summed E-state index contributed by atoms with van der Waals surface area (Å²) in [4.78, 5) is 43.7. The molecule has 0 spiro atoms. The van der Waals surface area contributed by atoms with E-state index in [0.29, 0.717) is 17.7 Å². The molecule has 0 radical (unpaired) electrons. The zero-order chi connectivity index (χ0) is 30.6. The lowest BCUT2D eigenvalue weighted by Gasteiger charge is -2.34. The van der Waals surface area contributed by atoms with Crippen molar-refractivity contribution in [3.8, 4) is 11.5 Å². The SMILES string of the molecule is CCC(CC)C(=O)c1sc(N)nc1-c1ccc(P(=O)(NC(C)(C)C(=O)OC(C)C)NC(C)(C)C(=O)OC(C)C)o1. The van der Waals surface area contributed by atoms with Crippen LogP contribution in [-0.2, 0) is 23.6 Å². The van der Waals surface area contributed by atoms with Crippen molar-refractivity contribution in [1.82, 2.24) is 15.2 Å². The molecule has 0 saturated carbocycles. The normalized spacial score (nSPS) is 12.8. The van der Waals surface area contributed by atoms with Crippen molar-refractivity contribution in [3.63, 3.8) is 0 Å². The Balaban J connectivity index is 2.61. The highest BCUT2D eigenvalue weighted by atomic mass is 32.1. The fourth-order valence-corrected chi connectivity index (χ4v) is 7.28. The molecule has 0 saturated heterocycles. The molecule has 0 unspecified atom stereocenters. The molecule has 0 amide bonds. The van der Waals surface area contributed by atoms with Crippen LogP contribution in [0.4, 0.5) is 5.13 Å². The van der Waals surface area contributed by atoms with Crippen molar-refractivity contribution < 1.29 is 32.8 Å². The number of hydrogen-bond acceptors (Lipinski definition) is 10. The van der Waals surface area contributed by atoms with Crippen molar-refractivity contribution in [2.24, 2.45) is 5.92 Å². The molecule has 2 aromatic rings. The highest BCUT2D eigenvalue weighted by molar-refractivity contribution is 7.67. The second kappa shape index (κ2) is 13.0. The van der Waals surface area contributed by atoms with E-state index in [-0.39, 0.29) is 33.8 Å². The lowest BCUT2D eigenvalue weighted by Crippen LogP contribution is -2.55. The summed E-state index contributed by atoms with van der Waals surface area (Å²) < 4.78 is 31.4. The van der Waals surface area contributed by atoms with Crippen molar-refractivity contribution in [1.29, 1.82) is 0 Å². The van der Waals surface area contributed by atoms with Crippen LogP contribution in [-0.4, -0.2) is 46.0 Å². The lowest BCUT2D eigenvalue weighted by atomic mass is 9.96. The number of nitrogens with two attached hydrogens (primary N) is 1. The zero-order valence-electron chi connectivity index (χ0n) is 25.0. The predicted molar refractivity (Wildman–Crippen MR) is 157 cm³/mol. The number of carbonyl (C=O) groups excluding carboxylic acids is 3. The summed E-state index contributed by atoms with van der Waals surface area (Å²) in [5.74, 6) is -1.43. The van der Waals surface area contributed by atoms with Gasteiger partial charge in [0.05, 0.1) is 12.2 Å². The van der Waals surface area contributed by atoms with Crippen LogP contribution in [0.3, 0.4) is 0 Å². The number of nitrogen functional groups attached to an aromatic ring is 1. The van der Waals surface area contributed by atoms with Crippen LogP contribution in [0, 0.1) is 5.92 Å². The first-order chi connectivity index (χ1) is 18.4. The van der Waals surface area contributed by atoms with Crippen LogP contribution in [0.15, 0.2) is 16.5 Å². The molecule has 0 fully saturated rings. The molecule has 4 N–H and O–H groups in total. The standard InChI is InChI=1S/C27H43N4O7PS/c1-11-17(12-2)21(32)22-20(29-25(28)40-22)18-13-14-19(38-18)39(35,30-26(7,8)23(33)36-15(3)4)31-27(9,10)24(34)37-16(5)6/h13-17H,11-12H2,1-10H3,(H2,28,29)(H2,30,31,35). The molecule has 0 aliphatic heterocycles. The first kappa shape index (κ1) is 33.7. The van der Waals surface area contributed by atoms with Gasteiger partial charge in [0.25, 0.3) is 7.44 Å². The van der Waals surface area contributed by atoms with Gasteiger partial charge >= 0.3 is 11.9 Å². The smallest absolute Gasteiger partial charge is 0.326 e. The molecule has 0 aromatic carbocycles. The minimum atomic E-state index is -4.08. The number of ether oxygens (including phenoxy) is 2. The van der Waals surface area contributed by atoms with E-state index in [1.165, 1.54) is 39.8 Å². The Morgan fingerprint density at radius 3 is 1.88 bits per heavy atom. The van der Waals surface area contributed by atoms with E-state index in [9.17, 15) is 18.9 Å². The fourth-order valence-electron chi connectivity index (χ4n) is 3.88. The predicted octanol–water partition coefficient (Wildman–Crippen LogP) is 5.06. The van der Waals surface area contributed by atoms with Gasteiger partial charge in [-0.25, -0.2) is 15.2 Å². The Labute approximate surface area is 240 Å². The van der Waals surface area contributed by atoms with Crippen LogP contribution >= 0.6 is 18.8 Å². The van der Waals surface area contributed by atoms with Crippen LogP contribution in [0.2, 0.25) is 0 Å². The Morgan fingerprint density at radius 2 is 1.45 bits per heavy atom. The maximum atomic E-state index is 14.7. The average molecular weight is 599 g/mol. The molecule has 13 heteroatoms. The second-order valence-electron chi connectivity index (χ2n) is 11.2. The molecule has 0 aliphatic rings. The number of ketones is 1. The summed E-state index contributed by atoms with van der Waals surface area (Å²) in [7, 11) is -4.08. The minimum Gasteiger partial charge on any atom is -0.462 e. The zero-order valence-corrected chi connectivity index (χ0v) is 26.7. The third kappa shape index (κ3) is 8.02. The summed E-state index contributed by atoms with van der Waals surface area (Å²) in [6.45, 7) is 16.8. The van der Waals surface area contributed by atoms with Gasteiger partial charge in [0.1, 0.15) is 21.6 Å². The molecule has 0 aliphatic carbocycles. The summed E-state index contributed by atoms with van der Waals surface area (Å²) in [6, 6.07) is 2.98. The number of esters is 2. The van der Waals surface area contributed by atoms with E-state index in [1.807, 2.05) is 13.8 Å². The van der Waals surface area contributed by atoms with E-state index in [4.69, 9.17) is 19.6 Å².